The Morgan fingerprint density at radius 3 is 2.62 bits per heavy atom. The molecule has 1 amide bonds. The second-order valence-electron chi connectivity index (χ2n) is 5.60. The Balaban J connectivity index is 2.01. The van der Waals surface area contributed by atoms with Crippen LogP contribution >= 0.6 is 0 Å². The fraction of sp³-hybridized carbons (Fsp3) is 0.167. The van der Waals surface area contributed by atoms with E-state index < -0.39 is 5.82 Å². The van der Waals surface area contributed by atoms with E-state index in [4.69, 9.17) is 0 Å². The van der Waals surface area contributed by atoms with Crippen molar-refractivity contribution in [1.29, 1.82) is 0 Å². The average Bonchev–Trinajstić information content (AvgIpc) is 2.94. The van der Waals surface area contributed by atoms with Gasteiger partial charge in [-0.2, -0.15) is 0 Å². The molecule has 1 aromatic heterocycles. The third-order valence-electron chi connectivity index (χ3n) is 4.11. The summed E-state index contributed by atoms with van der Waals surface area (Å²) in [6, 6.07) is 13.7. The number of anilines is 2. The Morgan fingerprint density at radius 2 is 1.88 bits per heavy atom. The van der Waals surface area contributed by atoms with Gasteiger partial charge in [0.15, 0.2) is 0 Å². The lowest BCUT2D eigenvalue weighted by Gasteiger charge is -2.23. The minimum absolute atomic E-state index is 0.109. The predicted molar refractivity (Wildman–Crippen MR) is 88.0 cm³/mol. The van der Waals surface area contributed by atoms with Crippen molar-refractivity contribution in [3.63, 3.8) is 0 Å². The van der Waals surface area contributed by atoms with Gasteiger partial charge in [0.05, 0.1) is 17.8 Å². The van der Waals surface area contributed by atoms with E-state index in [9.17, 15) is 9.18 Å². The molecule has 5 nitrogen and oxygen atoms in total. The van der Waals surface area contributed by atoms with Crippen molar-refractivity contribution < 1.29 is 9.18 Å². The first-order valence-corrected chi connectivity index (χ1v) is 7.80. The van der Waals surface area contributed by atoms with Crippen LogP contribution in [0, 0.1) is 5.82 Å². The third kappa shape index (κ3) is 2.19. The van der Waals surface area contributed by atoms with Gasteiger partial charge in [-0.05, 0) is 24.3 Å². The van der Waals surface area contributed by atoms with Crippen LogP contribution in [0.15, 0.2) is 48.5 Å². The molecule has 0 saturated heterocycles. The molecule has 3 aromatic rings. The quantitative estimate of drug-likeness (QED) is 0.728. The summed E-state index contributed by atoms with van der Waals surface area (Å²) in [6.07, 6.45) is 0.779. The van der Waals surface area contributed by atoms with E-state index in [0.29, 0.717) is 29.3 Å². The maximum absolute atomic E-state index is 13.9. The van der Waals surface area contributed by atoms with E-state index in [1.54, 1.807) is 11.0 Å². The Labute approximate surface area is 138 Å². The zero-order chi connectivity index (χ0) is 16.7. The highest BCUT2D eigenvalue weighted by Gasteiger charge is 2.30. The van der Waals surface area contributed by atoms with Crippen molar-refractivity contribution in [3.8, 4) is 5.69 Å². The number of aromatic nitrogens is 3. The molecule has 0 fully saturated rings. The van der Waals surface area contributed by atoms with Gasteiger partial charge in [-0.1, -0.05) is 25.1 Å². The summed E-state index contributed by atoms with van der Waals surface area (Å²) in [5.41, 5.74) is 1.91. The molecule has 0 spiro atoms. The summed E-state index contributed by atoms with van der Waals surface area (Å²) in [5.74, 6) is 0.766. The normalized spacial score (nSPS) is 13.4. The minimum Gasteiger partial charge on any atom is -0.280 e. The van der Waals surface area contributed by atoms with Crippen molar-refractivity contribution in [1.82, 2.24) is 14.8 Å². The average molecular weight is 322 g/mol. The SMILES string of the molecule is CCc1nnc2n1-c1ccc(F)cc1N(c1ccccc1)C(=O)C2. The predicted octanol–water partition coefficient (Wildman–Crippen LogP) is 3.19. The molecule has 0 aliphatic carbocycles. The van der Waals surface area contributed by atoms with Gasteiger partial charge in [-0.3, -0.25) is 14.3 Å². The van der Waals surface area contributed by atoms with Crippen molar-refractivity contribution in [2.75, 3.05) is 4.90 Å². The second kappa shape index (κ2) is 5.56. The van der Waals surface area contributed by atoms with Crippen molar-refractivity contribution in [2.24, 2.45) is 0 Å². The van der Waals surface area contributed by atoms with Crippen LogP contribution < -0.4 is 4.90 Å². The highest BCUT2D eigenvalue weighted by Crippen LogP contribution is 2.35. The fourth-order valence-corrected chi connectivity index (χ4v) is 3.05. The number of rotatable bonds is 2. The van der Waals surface area contributed by atoms with Gasteiger partial charge in [-0.25, -0.2) is 4.39 Å². The minimum atomic E-state index is -0.392. The zero-order valence-electron chi connectivity index (χ0n) is 13.1. The molecule has 0 unspecified atom stereocenters. The molecule has 4 rings (SSSR count). The molecule has 2 heterocycles. The lowest BCUT2D eigenvalue weighted by atomic mass is 10.2. The number of carbonyl (C=O) groups is 1. The van der Waals surface area contributed by atoms with Crippen LogP contribution in [0.4, 0.5) is 15.8 Å². The second-order valence-corrected chi connectivity index (χ2v) is 5.60. The van der Waals surface area contributed by atoms with E-state index in [2.05, 4.69) is 10.2 Å². The zero-order valence-corrected chi connectivity index (χ0v) is 13.1. The Hall–Kier alpha value is -3.02. The summed E-state index contributed by atoms with van der Waals surface area (Å²) < 4.78 is 15.8. The maximum atomic E-state index is 13.9. The highest BCUT2D eigenvalue weighted by atomic mass is 19.1. The largest absolute Gasteiger partial charge is 0.280 e. The van der Waals surface area contributed by atoms with Gasteiger partial charge in [0, 0.05) is 18.2 Å². The standard InChI is InChI=1S/C18H15FN4O/c1-2-16-20-21-17-11-18(24)22(13-6-4-3-5-7-13)15-10-12(19)8-9-14(15)23(16)17/h3-10H,2,11H2,1H3. The van der Waals surface area contributed by atoms with Gasteiger partial charge < -0.3 is 0 Å². The number of amides is 1. The number of para-hydroxylation sites is 1. The Morgan fingerprint density at radius 1 is 1.08 bits per heavy atom. The van der Waals surface area contributed by atoms with Gasteiger partial charge in [0.25, 0.3) is 0 Å². The Kier molecular flexibility index (Phi) is 3.37. The van der Waals surface area contributed by atoms with E-state index in [0.717, 1.165) is 5.82 Å². The van der Waals surface area contributed by atoms with E-state index in [1.165, 1.54) is 12.1 Å². The molecule has 2 aromatic carbocycles. The van der Waals surface area contributed by atoms with Crippen molar-refractivity contribution >= 4 is 17.3 Å². The third-order valence-corrected chi connectivity index (χ3v) is 4.11. The van der Waals surface area contributed by atoms with Crippen molar-refractivity contribution in [2.45, 2.75) is 19.8 Å². The first kappa shape index (κ1) is 14.6. The van der Waals surface area contributed by atoms with Gasteiger partial charge in [-0.15, -0.1) is 10.2 Å². The van der Waals surface area contributed by atoms with Crippen LogP contribution in [0.1, 0.15) is 18.6 Å². The fourth-order valence-electron chi connectivity index (χ4n) is 3.05. The smallest absolute Gasteiger partial charge is 0.239 e. The molecular weight excluding hydrogens is 307 g/mol. The van der Waals surface area contributed by atoms with Crippen LogP contribution in [-0.4, -0.2) is 20.7 Å². The maximum Gasteiger partial charge on any atom is 0.239 e. The number of carbonyl (C=O) groups excluding carboxylic acids is 1. The monoisotopic (exact) mass is 322 g/mol. The number of nitrogens with zero attached hydrogens (tertiary/aromatic N) is 4. The lowest BCUT2D eigenvalue weighted by molar-refractivity contribution is -0.117. The summed E-state index contributed by atoms with van der Waals surface area (Å²) >= 11 is 0. The Bertz CT molecular complexity index is 920. The van der Waals surface area contributed by atoms with E-state index >= 15 is 0 Å². The number of benzene rings is 2. The topological polar surface area (TPSA) is 51.0 Å². The van der Waals surface area contributed by atoms with Crippen LogP contribution in [0.2, 0.25) is 0 Å². The first-order chi connectivity index (χ1) is 11.7. The molecule has 24 heavy (non-hydrogen) atoms. The van der Waals surface area contributed by atoms with E-state index in [1.807, 2.05) is 41.8 Å². The number of hydrogen-bond donors (Lipinski definition) is 0. The van der Waals surface area contributed by atoms with Crippen LogP contribution in [-0.2, 0) is 17.6 Å². The number of halogens is 1. The molecule has 1 aliphatic heterocycles. The van der Waals surface area contributed by atoms with Gasteiger partial charge in [0.1, 0.15) is 17.5 Å². The van der Waals surface area contributed by atoms with Crippen molar-refractivity contribution in [3.05, 3.63) is 66.0 Å². The van der Waals surface area contributed by atoms with E-state index in [-0.39, 0.29) is 12.3 Å². The molecule has 120 valence electrons. The summed E-state index contributed by atoms with van der Waals surface area (Å²) in [7, 11) is 0. The van der Waals surface area contributed by atoms with Crippen LogP contribution in [0.5, 0.6) is 0 Å². The first-order valence-electron chi connectivity index (χ1n) is 7.80. The molecular formula is C18H15FN4O. The van der Waals surface area contributed by atoms with Gasteiger partial charge >= 0.3 is 0 Å². The summed E-state index contributed by atoms with van der Waals surface area (Å²) in [6.45, 7) is 1.97. The lowest BCUT2D eigenvalue weighted by Crippen LogP contribution is -2.26. The van der Waals surface area contributed by atoms with Gasteiger partial charge in [0.2, 0.25) is 5.91 Å². The summed E-state index contributed by atoms with van der Waals surface area (Å²) in [4.78, 5) is 14.4. The molecule has 0 N–H and O–H groups in total. The van der Waals surface area contributed by atoms with Crippen LogP contribution in [0.25, 0.3) is 5.69 Å². The number of fused-ring (bicyclic) bond motifs is 3. The summed E-state index contributed by atoms with van der Waals surface area (Å²) in [5, 5.41) is 8.32. The molecule has 0 radical (unpaired) electrons. The molecule has 6 heteroatoms. The number of hydrogen-bond acceptors (Lipinski definition) is 3. The van der Waals surface area contributed by atoms with Crippen LogP contribution in [0.3, 0.4) is 0 Å². The molecule has 0 atom stereocenters. The molecule has 1 aliphatic rings. The number of aryl methyl sites for hydroxylation is 1. The molecule has 0 bridgehead atoms. The highest BCUT2D eigenvalue weighted by molar-refractivity contribution is 6.04. The molecule has 0 saturated carbocycles.